The van der Waals surface area contributed by atoms with Crippen LogP contribution in [0.2, 0.25) is 0 Å². The quantitative estimate of drug-likeness (QED) is 0.871. The van der Waals surface area contributed by atoms with Gasteiger partial charge in [0.1, 0.15) is 0 Å². The second-order valence-corrected chi connectivity index (χ2v) is 6.61. The zero-order valence-electron chi connectivity index (χ0n) is 9.88. The van der Waals surface area contributed by atoms with Crippen LogP contribution in [-0.4, -0.2) is 5.91 Å². The molecular formula is C13H18BrNOS. The molecule has 1 saturated carbocycles. The molecule has 0 spiro atoms. The average Bonchev–Trinajstić information content (AvgIpc) is 2.95. The molecular weight excluding hydrogens is 298 g/mol. The van der Waals surface area contributed by atoms with Gasteiger partial charge in [-0.3, -0.25) is 4.79 Å². The van der Waals surface area contributed by atoms with E-state index in [9.17, 15) is 4.79 Å². The van der Waals surface area contributed by atoms with Gasteiger partial charge in [0.25, 0.3) is 0 Å². The Kier molecular flexibility index (Phi) is 5.04. The van der Waals surface area contributed by atoms with Crippen molar-refractivity contribution in [2.24, 2.45) is 5.92 Å². The summed E-state index contributed by atoms with van der Waals surface area (Å²) in [6.45, 7) is 0.666. The van der Waals surface area contributed by atoms with Crippen LogP contribution in [0.25, 0.3) is 0 Å². The average molecular weight is 316 g/mol. The van der Waals surface area contributed by atoms with Gasteiger partial charge in [-0.2, -0.15) is 0 Å². The van der Waals surface area contributed by atoms with E-state index in [-0.39, 0.29) is 5.91 Å². The van der Waals surface area contributed by atoms with Crippen molar-refractivity contribution < 1.29 is 4.79 Å². The zero-order chi connectivity index (χ0) is 12.1. The molecule has 0 radical (unpaired) electrons. The Morgan fingerprint density at radius 1 is 1.47 bits per heavy atom. The lowest BCUT2D eigenvalue weighted by molar-refractivity contribution is -0.121. The van der Waals surface area contributed by atoms with Crippen LogP contribution in [0.3, 0.4) is 0 Å². The van der Waals surface area contributed by atoms with Crippen LogP contribution in [0.1, 0.15) is 43.4 Å². The summed E-state index contributed by atoms with van der Waals surface area (Å²) < 4.78 is 1.10. The van der Waals surface area contributed by atoms with Crippen molar-refractivity contribution in [2.45, 2.75) is 45.1 Å². The molecule has 1 fully saturated rings. The fraction of sp³-hybridized carbons (Fsp3) is 0.615. The first kappa shape index (κ1) is 13.1. The summed E-state index contributed by atoms with van der Waals surface area (Å²) in [6.07, 6.45) is 7.12. The summed E-state index contributed by atoms with van der Waals surface area (Å²) in [4.78, 5) is 12.9. The molecule has 0 unspecified atom stereocenters. The number of thiophene rings is 1. The summed E-state index contributed by atoms with van der Waals surface area (Å²) in [6, 6.07) is 2.06. The molecule has 0 saturated heterocycles. The van der Waals surface area contributed by atoms with Crippen molar-refractivity contribution in [2.75, 3.05) is 0 Å². The third kappa shape index (κ3) is 4.43. The molecule has 1 aromatic heterocycles. The van der Waals surface area contributed by atoms with E-state index in [0.29, 0.717) is 13.0 Å². The predicted molar refractivity (Wildman–Crippen MR) is 75.1 cm³/mol. The minimum atomic E-state index is 0.196. The van der Waals surface area contributed by atoms with E-state index in [1.54, 1.807) is 11.3 Å². The van der Waals surface area contributed by atoms with E-state index in [0.717, 1.165) is 16.8 Å². The fourth-order valence-electron chi connectivity index (χ4n) is 2.35. The largest absolute Gasteiger partial charge is 0.351 e. The lowest BCUT2D eigenvalue weighted by atomic mass is 10.0. The minimum absolute atomic E-state index is 0.196. The van der Waals surface area contributed by atoms with Crippen molar-refractivity contribution in [3.8, 4) is 0 Å². The molecule has 1 aliphatic rings. The number of hydrogen-bond donors (Lipinski definition) is 1. The summed E-state index contributed by atoms with van der Waals surface area (Å²) in [5.41, 5.74) is 0. The van der Waals surface area contributed by atoms with E-state index in [1.807, 2.05) is 5.38 Å². The summed E-state index contributed by atoms with van der Waals surface area (Å²) in [5, 5.41) is 5.03. The third-order valence-electron chi connectivity index (χ3n) is 3.34. The normalized spacial score (nSPS) is 16.3. The minimum Gasteiger partial charge on any atom is -0.351 e. The Balaban J connectivity index is 1.63. The van der Waals surface area contributed by atoms with Gasteiger partial charge in [0.2, 0.25) is 5.91 Å². The molecule has 0 aromatic carbocycles. The molecule has 1 aliphatic carbocycles. The van der Waals surface area contributed by atoms with Crippen LogP contribution in [0.4, 0.5) is 0 Å². The fourth-order valence-corrected chi connectivity index (χ4v) is 3.75. The van der Waals surface area contributed by atoms with Crippen LogP contribution in [0, 0.1) is 5.92 Å². The maximum absolute atomic E-state index is 11.7. The highest BCUT2D eigenvalue weighted by Crippen LogP contribution is 2.28. The van der Waals surface area contributed by atoms with Crippen molar-refractivity contribution >= 4 is 33.2 Å². The first-order valence-electron chi connectivity index (χ1n) is 6.23. The summed E-state index contributed by atoms with van der Waals surface area (Å²) in [5.74, 6) is 0.998. The Morgan fingerprint density at radius 2 is 2.24 bits per heavy atom. The molecule has 2 rings (SSSR count). The van der Waals surface area contributed by atoms with E-state index >= 15 is 0 Å². The first-order chi connectivity index (χ1) is 8.24. The van der Waals surface area contributed by atoms with Gasteiger partial charge in [-0.15, -0.1) is 11.3 Å². The van der Waals surface area contributed by atoms with Crippen molar-refractivity contribution in [3.63, 3.8) is 0 Å². The van der Waals surface area contributed by atoms with Crippen LogP contribution in [-0.2, 0) is 11.3 Å². The second kappa shape index (κ2) is 6.55. The van der Waals surface area contributed by atoms with Gasteiger partial charge >= 0.3 is 0 Å². The van der Waals surface area contributed by atoms with Gasteiger partial charge in [-0.1, -0.05) is 25.7 Å². The molecule has 1 amide bonds. The number of nitrogens with one attached hydrogen (secondary N) is 1. The van der Waals surface area contributed by atoms with Crippen LogP contribution < -0.4 is 5.32 Å². The number of hydrogen-bond acceptors (Lipinski definition) is 2. The SMILES string of the molecule is O=C(CCC1CCCC1)NCc1cc(Br)cs1. The Morgan fingerprint density at radius 3 is 2.88 bits per heavy atom. The second-order valence-electron chi connectivity index (χ2n) is 4.70. The molecule has 4 heteroatoms. The molecule has 1 N–H and O–H groups in total. The Labute approximate surface area is 115 Å². The highest BCUT2D eigenvalue weighted by molar-refractivity contribution is 9.10. The van der Waals surface area contributed by atoms with Gasteiger partial charge in [-0.25, -0.2) is 0 Å². The Bertz CT molecular complexity index is 371. The van der Waals surface area contributed by atoms with Gasteiger partial charge in [-0.05, 0) is 34.3 Å². The van der Waals surface area contributed by atoms with Crippen LogP contribution in [0.15, 0.2) is 15.9 Å². The van der Waals surface area contributed by atoms with Gasteiger partial charge in [0.15, 0.2) is 0 Å². The number of rotatable bonds is 5. The molecule has 1 aromatic rings. The van der Waals surface area contributed by atoms with E-state index in [1.165, 1.54) is 30.6 Å². The molecule has 2 nitrogen and oxygen atoms in total. The number of carbonyl (C=O) groups is 1. The van der Waals surface area contributed by atoms with Crippen molar-refractivity contribution in [1.29, 1.82) is 0 Å². The van der Waals surface area contributed by atoms with E-state index in [2.05, 4.69) is 27.3 Å². The van der Waals surface area contributed by atoms with Gasteiger partial charge in [0.05, 0.1) is 6.54 Å². The highest BCUT2D eigenvalue weighted by atomic mass is 79.9. The van der Waals surface area contributed by atoms with Gasteiger partial charge in [0, 0.05) is 21.2 Å². The van der Waals surface area contributed by atoms with Crippen molar-refractivity contribution in [3.05, 3.63) is 20.8 Å². The molecule has 0 bridgehead atoms. The van der Waals surface area contributed by atoms with Crippen LogP contribution >= 0.6 is 27.3 Å². The smallest absolute Gasteiger partial charge is 0.220 e. The molecule has 1 heterocycles. The summed E-state index contributed by atoms with van der Waals surface area (Å²) >= 11 is 5.09. The standard InChI is InChI=1S/C13H18BrNOS/c14-11-7-12(17-9-11)8-15-13(16)6-5-10-3-1-2-4-10/h7,9-10H,1-6,8H2,(H,15,16). The van der Waals surface area contributed by atoms with E-state index in [4.69, 9.17) is 0 Å². The molecule has 0 aliphatic heterocycles. The number of amides is 1. The monoisotopic (exact) mass is 315 g/mol. The first-order valence-corrected chi connectivity index (χ1v) is 7.91. The lowest BCUT2D eigenvalue weighted by Gasteiger charge is -2.08. The molecule has 17 heavy (non-hydrogen) atoms. The van der Waals surface area contributed by atoms with Crippen molar-refractivity contribution in [1.82, 2.24) is 5.32 Å². The number of carbonyl (C=O) groups excluding carboxylic acids is 1. The molecule has 94 valence electrons. The van der Waals surface area contributed by atoms with E-state index < -0.39 is 0 Å². The zero-order valence-corrected chi connectivity index (χ0v) is 12.3. The van der Waals surface area contributed by atoms with Gasteiger partial charge < -0.3 is 5.32 Å². The summed E-state index contributed by atoms with van der Waals surface area (Å²) in [7, 11) is 0. The lowest BCUT2D eigenvalue weighted by Crippen LogP contribution is -2.22. The highest BCUT2D eigenvalue weighted by Gasteiger charge is 2.15. The topological polar surface area (TPSA) is 29.1 Å². The van der Waals surface area contributed by atoms with Crippen LogP contribution in [0.5, 0.6) is 0 Å². The maximum atomic E-state index is 11.7. The third-order valence-corrected chi connectivity index (χ3v) is 5.03. The predicted octanol–water partition coefficient (Wildman–Crippen LogP) is 4.10. The number of halogens is 1. The molecule has 0 atom stereocenters. The Hall–Kier alpha value is -0.350. The maximum Gasteiger partial charge on any atom is 0.220 e.